The zero-order chi connectivity index (χ0) is 20.6. The molecule has 0 aliphatic carbocycles. The Morgan fingerprint density at radius 1 is 0.964 bits per heavy atom. The van der Waals surface area contributed by atoms with Crippen LogP contribution in [0.2, 0.25) is 0 Å². The van der Waals surface area contributed by atoms with Gasteiger partial charge in [0.1, 0.15) is 11.9 Å². The van der Waals surface area contributed by atoms with E-state index in [-0.39, 0.29) is 12.7 Å². The first kappa shape index (κ1) is 24.9. The maximum atomic E-state index is 10.1. The molecule has 0 bridgehead atoms. The van der Waals surface area contributed by atoms with Gasteiger partial charge in [-0.2, -0.15) is 0 Å². The maximum absolute atomic E-state index is 10.1. The van der Waals surface area contributed by atoms with Gasteiger partial charge >= 0.3 is 0 Å². The van der Waals surface area contributed by atoms with Crippen molar-refractivity contribution in [2.45, 2.75) is 96.9 Å². The minimum Gasteiger partial charge on any atom is -0.488 e. The van der Waals surface area contributed by atoms with E-state index < -0.39 is 12.2 Å². The van der Waals surface area contributed by atoms with Crippen LogP contribution in [0, 0.1) is 5.92 Å². The Bertz CT molecular complexity index is 459. The van der Waals surface area contributed by atoms with Gasteiger partial charge in [-0.1, -0.05) is 70.6 Å². The van der Waals surface area contributed by atoms with Crippen molar-refractivity contribution in [1.29, 1.82) is 0 Å². The van der Waals surface area contributed by atoms with Crippen LogP contribution in [0.25, 0.3) is 0 Å². The largest absolute Gasteiger partial charge is 0.488 e. The van der Waals surface area contributed by atoms with Gasteiger partial charge in [0.05, 0.1) is 25.4 Å². The zero-order valence-electron chi connectivity index (χ0n) is 18.1. The molecule has 0 amide bonds. The van der Waals surface area contributed by atoms with Crippen molar-refractivity contribution < 1.29 is 19.7 Å². The van der Waals surface area contributed by atoms with Gasteiger partial charge in [-0.25, -0.2) is 0 Å². The summed E-state index contributed by atoms with van der Waals surface area (Å²) in [5.41, 5.74) is 0. The first-order valence-electron chi connectivity index (χ1n) is 11.1. The molecule has 0 fully saturated rings. The predicted octanol–water partition coefficient (Wildman–Crippen LogP) is 5.32. The summed E-state index contributed by atoms with van der Waals surface area (Å²) in [4.78, 5) is 0. The van der Waals surface area contributed by atoms with Crippen molar-refractivity contribution in [3.8, 4) is 5.75 Å². The molecular formula is C24H41O4. The average Bonchev–Trinajstić information content (AvgIpc) is 2.70. The molecule has 0 saturated carbocycles. The van der Waals surface area contributed by atoms with Crippen molar-refractivity contribution in [1.82, 2.24) is 0 Å². The van der Waals surface area contributed by atoms with Crippen LogP contribution in [0.4, 0.5) is 0 Å². The predicted molar refractivity (Wildman–Crippen MR) is 116 cm³/mol. The fourth-order valence-corrected chi connectivity index (χ4v) is 3.41. The lowest BCUT2D eigenvalue weighted by Crippen LogP contribution is -2.37. The molecule has 4 nitrogen and oxygen atoms in total. The number of para-hydroxylation sites is 1. The van der Waals surface area contributed by atoms with Crippen molar-refractivity contribution in [2.24, 2.45) is 0 Å². The molecule has 2 N–H and O–H groups in total. The van der Waals surface area contributed by atoms with Crippen LogP contribution in [0.1, 0.15) is 78.6 Å². The van der Waals surface area contributed by atoms with E-state index in [4.69, 9.17) is 9.47 Å². The van der Waals surface area contributed by atoms with E-state index in [1.54, 1.807) is 6.92 Å². The molecule has 161 valence electrons. The highest BCUT2D eigenvalue weighted by Crippen LogP contribution is 2.21. The summed E-state index contributed by atoms with van der Waals surface area (Å²) < 4.78 is 12.2. The van der Waals surface area contributed by atoms with Gasteiger partial charge in [-0.3, -0.25) is 0 Å². The molecule has 0 spiro atoms. The Labute approximate surface area is 172 Å². The Morgan fingerprint density at radius 3 is 2.18 bits per heavy atom. The number of benzene rings is 1. The molecule has 1 radical (unpaired) electrons. The fourth-order valence-electron chi connectivity index (χ4n) is 3.41. The van der Waals surface area contributed by atoms with Crippen LogP contribution in [-0.2, 0) is 4.74 Å². The van der Waals surface area contributed by atoms with Crippen molar-refractivity contribution in [2.75, 3.05) is 13.2 Å². The number of unbranched alkanes of at least 4 members (excludes halogenated alkanes) is 6. The van der Waals surface area contributed by atoms with Gasteiger partial charge < -0.3 is 19.7 Å². The second-order valence-corrected chi connectivity index (χ2v) is 7.63. The van der Waals surface area contributed by atoms with Crippen molar-refractivity contribution >= 4 is 0 Å². The number of ether oxygens (including phenoxy) is 2. The molecule has 4 heteroatoms. The van der Waals surface area contributed by atoms with Gasteiger partial charge in [-0.15, -0.1) is 0 Å². The molecule has 0 saturated heterocycles. The first-order chi connectivity index (χ1) is 13.6. The van der Waals surface area contributed by atoms with E-state index >= 15 is 0 Å². The summed E-state index contributed by atoms with van der Waals surface area (Å²) in [5, 5.41) is 19.6. The standard InChI is InChI=1S/C24H41O4/c1-4-6-7-8-9-10-12-17-23(28-22-15-13-11-14-16-22)19-27-24(20(3)26)21(5-2)18-25/h11,13-16,20,23-26H,4-10,12,17-19H2,1-3H3. The van der Waals surface area contributed by atoms with Crippen LogP contribution in [-0.4, -0.2) is 41.7 Å². The summed E-state index contributed by atoms with van der Waals surface area (Å²) in [5.74, 6) is 1.67. The molecule has 3 unspecified atom stereocenters. The van der Waals surface area contributed by atoms with E-state index in [1.165, 1.54) is 38.5 Å². The molecule has 3 atom stereocenters. The van der Waals surface area contributed by atoms with Gasteiger partial charge in [0.15, 0.2) is 0 Å². The van der Waals surface area contributed by atoms with Crippen LogP contribution >= 0.6 is 0 Å². The Balaban J connectivity index is 2.54. The fraction of sp³-hybridized carbons (Fsp3) is 0.708. The first-order valence-corrected chi connectivity index (χ1v) is 11.1. The molecule has 28 heavy (non-hydrogen) atoms. The lowest BCUT2D eigenvalue weighted by atomic mass is 9.96. The topological polar surface area (TPSA) is 58.9 Å². The smallest absolute Gasteiger partial charge is 0.122 e. The molecule has 1 rings (SSSR count). The Morgan fingerprint density at radius 2 is 1.61 bits per heavy atom. The summed E-state index contributed by atoms with van der Waals surface area (Å²) in [6.45, 7) is 6.27. The summed E-state index contributed by atoms with van der Waals surface area (Å²) in [7, 11) is 0. The highest BCUT2D eigenvalue weighted by Gasteiger charge is 2.27. The molecule has 0 aromatic heterocycles. The number of aliphatic hydroxyl groups is 2. The normalized spacial score (nSPS) is 14.8. The lowest BCUT2D eigenvalue weighted by molar-refractivity contribution is -0.0560. The van der Waals surface area contributed by atoms with Gasteiger partial charge in [-0.05, 0) is 38.3 Å². The second kappa shape index (κ2) is 15.8. The number of rotatable bonds is 17. The Hall–Kier alpha value is -1.10. The minimum absolute atomic E-state index is 0.0592. The lowest BCUT2D eigenvalue weighted by Gasteiger charge is -2.29. The van der Waals surface area contributed by atoms with Gasteiger partial charge in [0.2, 0.25) is 0 Å². The van der Waals surface area contributed by atoms with E-state index in [0.717, 1.165) is 24.5 Å². The number of hydrogen-bond donors (Lipinski definition) is 2. The number of hydrogen-bond acceptors (Lipinski definition) is 4. The van der Waals surface area contributed by atoms with Crippen LogP contribution in [0.3, 0.4) is 0 Å². The summed E-state index contributed by atoms with van der Waals surface area (Å²) in [6, 6.07) is 9.83. The molecule has 0 aliphatic heterocycles. The quantitative estimate of drug-likeness (QED) is 0.352. The van der Waals surface area contributed by atoms with E-state index in [0.29, 0.717) is 13.0 Å². The zero-order valence-corrected chi connectivity index (χ0v) is 18.1. The third-order valence-corrected chi connectivity index (χ3v) is 5.14. The average molecular weight is 394 g/mol. The minimum atomic E-state index is -0.655. The number of aliphatic hydroxyl groups excluding tert-OH is 2. The molecular weight excluding hydrogens is 352 g/mol. The molecule has 1 aromatic rings. The summed E-state index contributed by atoms with van der Waals surface area (Å²) in [6.07, 6.45) is 9.28. The molecule has 1 aromatic carbocycles. The van der Waals surface area contributed by atoms with Crippen LogP contribution in [0.5, 0.6) is 5.75 Å². The molecule has 0 aliphatic rings. The molecule has 0 heterocycles. The van der Waals surface area contributed by atoms with Crippen molar-refractivity contribution in [3.63, 3.8) is 0 Å². The van der Waals surface area contributed by atoms with Crippen LogP contribution < -0.4 is 4.74 Å². The van der Waals surface area contributed by atoms with E-state index in [1.807, 2.05) is 37.3 Å². The second-order valence-electron chi connectivity index (χ2n) is 7.63. The SMILES string of the molecule is CCCCCCCCCC(COC([C](CC)CO)C(C)O)Oc1ccccc1. The van der Waals surface area contributed by atoms with Crippen LogP contribution in [0.15, 0.2) is 30.3 Å². The Kier molecular flexibility index (Phi) is 14.1. The monoisotopic (exact) mass is 393 g/mol. The third-order valence-electron chi connectivity index (χ3n) is 5.14. The van der Waals surface area contributed by atoms with Gasteiger partial charge in [0.25, 0.3) is 0 Å². The maximum Gasteiger partial charge on any atom is 0.122 e. The highest BCUT2D eigenvalue weighted by atomic mass is 16.5. The third kappa shape index (κ3) is 10.4. The van der Waals surface area contributed by atoms with E-state index in [2.05, 4.69) is 6.92 Å². The van der Waals surface area contributed by atoms with Gasteiger partial charge in [0, 0.05) is 5.92 Å². The van der Waals surface area contributed by atoms with E-state index in [9.17, 15) is 10.2 Å². The van der Waals surface area contributed by atoms with Crippen molar-refractivity contribution in [3.05, 3.63) is 36.2 Å². The highest BCUT2D eigenvalue weighted by molar-refractivity contribution is 5.21. The summed E-state index contributed by atoms with van der Waals surface area (Å²) >= 11 is 0.